The third-order valence-electron chi connectivity index (χ3n) is 6.04. The van der Waals surface area contributed by atoms with Crippen LogP contribution in [0.4, 0.5) is 11.4 Å². The Morgan fingerprint density at radius 2 is 1.72 bits per heavy atom. The van der Waals surface area contributed by atoms with E-state index in [0.717, 1.165) is 20.8 Å². The predicted molar refractivity (Wildman–Crippen MR) is 139 cm³/mol. The van der Waals surface area contributed by atoms with Crippen molar-refractivity contribution >= 4 is 56.5 Å². The standard InChI is InChI=1S/C26H27N3O6S/c1-2-25(30)28(18-12-14-27-15-13-18)16-6-5-8-22(26(31)32)29(36(33)34)19-10-11-24-21(17-19)20-7-3-4-9-23(20)35-24/h3-4,7,9-15,17,22H,2,5-6,8,16H2,1H3,(H,31,32)(H,33,34). The minimum Gasteiger partial charge on any atom is -0.480 e. The summed E-state index contributed by atoms with van der Waals surface area (Å²) in [6.07, 6.45) is 4.63. The first kappa shape index (κ1) is 25.3. The van der Waals surface area contributed by atoms with Gasteiger partial charge in [0.2, 0.25) is 5.91 Å². The highest BCUT2D eigenvalue weighted by molar-refractivity contribution is 7.80. The molecule has 0 saturated carbocycles. The Labute approximate surface area is 210 Å². The number of anilines is 2. The Morgan fingerprint density at radius 3 is 2.42 bits per heavy atom. The third kappa shape index (κ3) is 5.39. The van der Waals surface area contributed by atoms with Gasteiger partial charge in [0.1, 0.15) is 17.2 Å². The molecule has 2 heterocycles. The molecule has 0 aliphatic heterocycles. The Hall–Kier alpha value is -3.76. The fraction of sp³-hybridized carbons (Fsp3) is 0.269. The van der Waals surface area contributed by atoms with E-state index in [1.165, 1.54) is 0 Å². The molecule has 1 amide bonds. The molecule has 0 aliphatic rings. The van der Waals surface area contributed by atoms with E-state index in [-0.39, 0.29) is 12.3 Å². The molecule has 0 spiro atoms. The molecule has 0 radical (unpaired) electrons. The zero-order valence-electron chi connectivity index (χ0n) is 19.7. The van der Waals surface area contributed by atoms with Crippen LogP contribution in [-0.2, 0) is 20.9 Å². The van der Waals surface area contributed by atoms with Gasteiger partial charge in [-0.25, -0.2) is 9.00 Å². The number of carbonyl (C=O) groups is 2. The van der Waals surface area contributed by atoms with Gasteiger partial charge in [0.05, 0.1) is 5.69 Å². The van der Waals surface area contributed by atoms with Gasteiger partial charge in [0.15, 0.2) is 0 Å². The van der Waals surface area contributed by atoms with Crippen LogP contribution in [0.2, 0.25) is 0 Å². The molecule has 10 heteroatoms. The summed E-state index contributed by atoms with van der Waals surface area (Å²) < 4.78 is 29.2. The second-order valence-corrected chi connectivity index (χ2v) is 9.14. The Bertz CT molecular complexity index is 1390. The van der Waals surface area contributed by atoms with Gasteiger partial charge in [-0.15, -0.1) is 0 Å². The zero-order chi connectivity index (χ0) is 25.7. The number of pyridine rings is 1. The topological polar surface area (TPSA) is 124 Å². The second kappa shape index (κ2) is 11.3. The molecule has 0 bridgehead atoms. The van der Waals surface area contributed by atoms with E-state index in [1.807, 2.05) is 24.3 Å². The highest BCUT2D eigenvalue weighted by atomic mass is 32.2. The van der Waals surface area contributed by atoms with Crippen molar-refractivity contribution < 1.29 is 27.9 Å². The fourth-order valence-electron chi connectivity index (χ4n) is 4.29. The predicted octanol–water partition coefficient (Wildman–Crippen LogP) is 4.99. The molecule has 2 atom stereocenters. The van der Waals surface area contributed by atoms with Crippen molar-refractivity contribution in [3.05, 3.63) is 67.0 Å². The lowest BCUT2D eigenvalue weighted by Crippen LogP contribution is -2.42. The van der Waals surface area contributed by atoms with Crippen molar-refractivity contribution in [3.8, 4) is 0 Å². The van der Waals surface area contributed by atoms with Crippen LogP contribution in [-0.4, -0.2) is 43.3 Å². The van der Waals surface area contributed by atoms with Gasteiger partial charge < -0.3 is 14.4 Å². The smallest absolute Gasteiger partial charge is 0.327 e. The Morgan fingerprint density at radius 1 is 1.00 bits per heavy atom. The lowest BCUT2D eigenvalue weighted by Gasteiger charge is -2.27. The summed E-state index contributed by atoms with van der Waals surface area (Å²) in [5, 5.41) is 11.5. The summed E-state index contributed by atoms with van der Waals surface area (Å²) in [5.74, 6) is -1.25. The number of carboxylic acid groups (broad SMARTS) is 1. The quantitative estimate of drug-likeness (QED) is 0.216. The number of benzene rings is 2. The van der Waals surface area contributed by atoms with Crippen molar-refractivity contribution in [1.29, 1.82) is 0 Å². The fourth-order valence-corrected chi connectivity index (χ4v) is 5.00. The minimum atomic E-state index is -2.57. The van der Waals surface area contributed by atoms with Crippen molar-refractivity contribution in [2.75, 3.05) is 15.7 Å². The zero-order valence-corrected chi connectivity index (χ0v) is 20.6. The van der Waals surface area contributed by atoms with Crippen LogP contribution in [0.3, 0.4) is 0 Å². The van der Waals surface area contributed by atoms with Gasteiger partial charge in [0.25, 0.3) is 11.3 Å². The maximum Gasteiger partial charge on any atom is 0.327 e. The van der Waals surface area contributed by atoms with Crippen LogP contribution in [0.25, 0.3) is 21.9 Å². The molecule has 36 heavy (non-hydrogen) atoms. The van der Waals surface area contributed by atoms with Crippen LogP contribution in [0.15, 0.2) is 71.4 Å². The van der Waals surface area contributed by atoms with Gasteiger partial charge in [-0.3, -0.25) is 18.6 Å². The van der Waals surface area contributed by atoms with Gasteiger partial charge in [0, 0.05) is 41.8 Å². The van der Waals surface area contributed by atoms with E-state index >= 15 is 0 Å². The molecular weight excluding hydrogens is 482 g/mol. The number of carboxylic acids is 1. The number of aliphatic carboxylic acids is 1. The van der Waals surface area contributed by atoms with Gasteiger partial charge in [-0.05, 0) is 55.7 Å². The number of para-hydroxylation sites is 1. The number of hydrogen-bond acceptors (Lipinski definition) is 5. The van der Waals surface area contributed by atoms with E-state index in [2.05, 4.69) is 4.98 Å². The van der Waals surface area contributed by atoms with Crippen LogP contribution in [0, 0.1) is 0 Å². The first-order valence-electron chi connectivity index (χ1n) is 11.7. The molecule has 2 aromatic carbocycles. The molecule has 2 aromatic heterocycles. The number of aromatic nitrogens is 1. The Balaban J connectivity index is 1.52. The molecule has 0 aliphatic carbocycles. The maximum atomic E-state index is 12.4. The molecule has 4 rings (SSSR count). The summed E-state index contributed by atoms with van der Waals surface area (Å²) >= 11 is -2.57. The number of amides is 1. The van der Waals surface area contributed by atoms with Crippen LogP contribution in [0.5, 0.6) is 0 Å². The molecular formula is C26H27N3O6S. The maximum absolute atomic E-state index is 12.4. The molecule has 0 saturated heterocycles. The largest absolute Gasteiger partial charge is 0.480 e. The van der Waals surface area contributed by atoms with Crippen molar-refractivity contribution in [2.24, 2.45) is 0 Å². The summed E-state index contributed by atoms with van der Waals surface area (Å²) in [7, 11) is 0. The van der Waals surface area contributed by atoms with Crippen molar-refractivity contribution in [3.63, 3.8) is 0 Å². The average molecular weight is 510 g/mol. The van der Waals surface area contributed by atoms with E-state index in [1.54, 1.807) is 54.5 Å². The minimum absolute atomic E-state index is 0.0466. The number of carbonyl (C=O) groups excluding carboxylic acids is 1. The van der Waals surface area contributed by atoms with Crippen molar-refractivity contribution in [1.82, 2.24) is 4.98 Å². The Kier molecular flexibility index (Phi) is 7.97. The summed E-state index contributed by atoms with van der Waals surface area (Å²) in [6.45, 7) is 2.18. The van der Waals surface area contributed by atoms with Crippen molar-refractivity contribution in [2.45, 2.75) is 38.6 Å². The van der Waals surface area contributed by atoms with Crippen LogP contribution < -0.4 is 9.21 Å². The number of fused-ring (bicyclic) bond motifs is 3. The number of rotatable bonds is 11. The third-order valence-corrected chi connectivity index (χ3v) is 6.84. The first-order chi connectivity index (χ1) is 17.4. The van der Waals surface area contributed by atoms with E-state index in [0.29, 0.717) is 42.7 Å². The summed E-state index contributed by atoms with van der Waals surface area (Å²) in [5.41, 5.74) is 2.32. The number of furan rings is 1. The number of unbranched alkanes of at least 4 members (excludes halogenated alkanes) is 1. The molecule has 188 valence electrons. The summed E-state index contributed by atoms with van der Waals surface area (Å²) in [6, 6.07) is 14.6. The molecule has 0 fully saturated rings. The monoisotopic (exact) mass is 509 g/mol. The second-order valence-electron chi connectivity index (χ2n) is 8.29. The number of hydrogen-bond donors (Lipinski definition) is 2. The normalized spacial score (nSPS) is 12.9. The van der Waals surface area contributed by atoms with E-state index in [9.17, 15) is 23.5 Å². The van der Waals surface area contributed by atoms with Gasteiger partial charge in [-0.1, -0.05) is 25.1 Å². The van der Waals surface area contributed by atoms with Gasteiger partial charge >= 0.3 is 5.97 Å². The molecule has 2 unspecified atom stereocenters. The van der Waals surface area contributed by atoms with Crippen LogP contribution in [0.1, 0.15) is 32.6 Å². The lowest BCUT2D eigenvalue weighted by atomic mass is 10.1. The lowest BCUT2D eigenvalue weighted by molar-refractivity contribution is -0.138. The molecule has 2 N–H and O–H groups in total. The highest BCUT2D eigenvalue weighted by Gasteiger charge is 2.30. The molecule has 4 aromatic rings. The highest BCUT2D eigenvalue weighted by Crippen LogP contribution is 2.33. The average Bonchev–Trinajstić information content (AvgIpc) is 3.25. The molecule has 9 nitrogen and oxygen atoms in total. The van der Waals surface area contributed by atoms with Gasteiger partial charge in [-0.2, -0.15) is 0 Å². The first-order valence-corrected chi connectivity index (χ1v) is 12.7. The summed E-state index contributed by atoms with van der Waals surface area (Å²) in [4.78, 5) is 30.2. The van der Waals surface area contributed by atoms with E-state index < -0.39 is 23.3 Å². The van der Waals surface area contributed by atoms with E-state index in [4.69, 9.17) is 4.42 Å². The van der Waals surface area contributed by atoms with Crippen LogP contribution >= 0.6 is 0 Å². The SMILES string of the molecule is CCC(=O)N(CCCCC(C(=O)O)N(c1ccc2oc3ccccc3c2c1)S(=O)O)c1ccncc1. The number of nitrogens with zero attached hydrogens (tertiary/aromatic N) is 3.